The molecule has 14 heavy (non-hydrogen) atoms. The number of anilines is 2. The number of rotatable bonds is 1. The Morgan fingerprint density at radius 3 is 2.57 bits per heavy atom. The molecule has 0 radical (unpaired) electrons. The number of nitrogen functional groups attached to an aromatic ring is 1. The third-order valence-corrected chi connectivity index (χ3v) is 2.25. The first-order valence-electron chi connectivity index (χ1n) is 4.54. The van der Waals surface area contributed by atoms with Gasteiger partial charge in [0.1, 0.15) is 0 Å². The van der Waals surface area contributed by atoms with Crippen LogP contribution in [0.5, 0.6) is 0 Å². The zero-order valence-corrected chi connectivity index (χ0v) is 8.80. The van der Waals surface area contributed by atoms with Crippen molar-refractivity contribution >= 4 is 23.8 Å². The van der Waals surface area contributed by atoms with Gasteiger partial charge in [0.05, 0.1) is 13.2 Å². The largest absolute Gasteiger partial charge is 0.399 e. The molecule has 78 valence electrons. The lowest BCUT2D eigenvalue weighted by molar-refractivity contribution is 0.122. The second-order valence-corrected chi connectivity index (χ2v) is 3.19. The predicted octanol–water partition coefficient (Wildman–Crippen LogP) is 1.53. The summed E-state index contributed by atoms with van der Waals surface area (Å²) in [5.41, 5.74) is 7.73. The van der Waals surface area contributed by atoms with E-state index in [4.69, 9.17) is 10.5 Å². The van der Waals surface area contributed by atoms with Crippen LogP contribution in [-0.2, 0) is 4.74 Å². The highest BCUT2D eigenvalue weighted by molar-refractivity contribution is 5.85. The highest BCUT2D eigenvalue weighted by Crippen LogP contribution is 2.18. The molecule has 0 atom stereocenters. The molecule has 1 saturated heterocycles. The number of morpholine rings is 1. The molecule has 0 aromatic heterocycles. The first kappa shape index (κ1) is 11.1. The molecule has 4 heteroatoms. The van der Waals surface area contributed by atoms with Gasteiger partial charge >= 0.3 is 0 Å². The molecule has 0 unspecified atom stereocenters. The normalized spacial score (nSPS) is 16.1. The fourth-order valence-electron chi connectivity index (χ4n) is 1.54. The van der Waals surface area contributed by atoms with Gasteiger partial charge < -0.3 is 15.4 Å². The second kappa shape index (κ2) is 5.08. The van der Waals surface area contributed by atoms with E-state index in [1.807, 2.05) is 18.2 Å². The van der Waals surface area contributed by atoms with Crippen LogP contribution in [0.2, 0.25) is 0 Å². The minimum Gasteiger partial charge on any atom is -0.399 e. The van der Waals surface area contributed by atoms with Gasteiger partial charge in [-0.15, -0.1) is 12.4 Å². The Hall–Kier alpha value is -0.930. The molecule has 0 amide bonds. The minimum atomic E-state index is 0. The molecule has 0 aliphatic carbocycles. The Bertz CT molecular complexity index is 287. The predicted molar refractivity (Wildman–Crippen MR) is 61.1 cm³/mol. The highest BCUT2D eigenvalue weighted by atomic mass is 35.5. The van der Waals surface area contributed by atoms with E-state index in [9.17, 15) is 0 Å². The first-order chi connectivity index (χ1) is 6.36. The average molecular weight is 215 g/mol. The molecule has 1 aliphatic heterocycles. The van der Waals surface area contributed by atoms with Gasteiger partial charge in [-0.05, 0) is 18.2 Å². The molecule has 3 nitrogen and oxygen atoms in total. The van der Waals surface area contributed by atoms with Gasteiger partial charge in [-0.3, -0.25) is 0 Å². The number of benzene rings is 1. The lowest BCUT2D eigenvalue weighted by atomic mass is 10.2. The van der Waals surface area contributed by atoms with Crippen LogP contribution in [-0.4, -0.2) is 26.3 Å². The van der Waals surface area contributed by atoms with Crippen LogP contribution in [0, 0.1) is 0 Å². The quantitative estimate of drug-likeness (QED) is 0.721. The minimum absolute atomic E-state index is 0. The number of hydrogen-bond donors (Lipinski definition) is 1. The van der Waals surface area contributed by atoms with Crippen molar-refractivity contribution in [1.82, 2.24) is 0 Å². The zero-order chi connectivity index (χ0) is 9.10. The Labute approximate surface area is 90.3 Å². The van der Waals surface area contributed by atoms with Crippen LogP contribution >= 0.6 is 12.4 Å². The van der Waals surface area contributed by atoms with Crippen molar-refractivity contribution in [2.24, 2.45) is 0 Å². The van der Waals surface area contributed by atoms with Crippen molar-refractivity contribution in [3.05, 3.63) is 24.3 Å². The highest BCUT2D eigenvalue weighted by Gasteiger charge is 2.10. The number of hydrogen-bond acceptors (Lipinski definition) is 3. The average Bonchev–Trinajstić information content (AvgIpc) is 2.19. The van der Waals surface area contributed by atoms with E-state index < -0.39 is 0 Å². The summed E-state index contributed by atoms with van der Waals surface area (Å²) >= 11 is 0. The van der Waals surface area contributed by atoms with Gasteiger partial charge in [-0.25, -0.2) is 0 Å². The molecule has 0 bridgehead atoms. The topological polar surface area (TPSA) is 38.5 Å². The van der Waals surface area contributed by atoms with Gasteiger partial charge in [0, 0.05) is 24.5 Å². The Kier molecular flexibility index (Phi) is 4.04. The first-order valence-corrected chi connectivity index (χ1v) is 4.54. The summed E-state index contributed by atoms with van der Waals surface area (Å²) in [5.74, 6) is 0. The van der Waals surface area contributed by atoms with Crippen LogP contribution in [0.3, 0.4) is 0 Å². The summed E-state index contributed by atoms with van der Waals surface area (Å²) in [5, 5.41) is 0. The van der Waals surface area contributed by atoms with E-state index in [1.54, 1.807) is 0 Å². The second-order valence-electron chi connectivity index (χ2n) is 3.19. The van der Waals surface area contributed by atoms with Gasteiger partial charge in [-0.2, -0.15) is 0 Å². The molecule has 0 spiro atoms. The third-order valence-electron chi connectivity index (χ3n) is 2.25. The fraction of sp³-hybridized carbons (Fsp3) is 0.400. The molecule has 0 saturated carbocycles. The van der Waals surface area contributed by atoms with Crippen molar-refractivity contribution in [2.45, 2.75) is 0 Å². The fourth-order valence-corrected chi connectivity index (χ4v) is 1.54. The lowest BCUT2D eigenvalue weighted by Gasteiger charge is -2.28. The molecule has 1 aromatic rings. The maximum absolute atomic E-state index is 5.71. The molecule has 2 rings (SSSR count). The number of nitrogens with two attached hydrogens (primary N) is 1. The molecule has 1 heterocycles. The van der Waals surface area contributed by atoms with E-state index >= 15 is 0 Å². The smallest absolute Gasteiger partial charge is 0.0642 e. The molecule has 1 aliphatic rings. The van der Waals surface area contributed by atoms with Crippen molar-refractivity contribution < 1.29 is 4.74 Å². The van der Waals surface area contributed by atoms with Crippen LogP contribution in [0.15, 0.2) is 24.3 Å². The lowest BCUT2D eigenvalue weighted by Crippen LogP contribution is -2.36. The SMILES string of the molecule is Cl.Nc1cccc(N2CCOCC2)c1. The van der Waals surface area contributed by atoms with E-state index in [2.05, 4.69) is 11.0 Å². The summed E-state index contributed by atoms with van der Waals surface area (Å²) in [7, 11) is 0. The summed E-state index contributed by atoms with van der Waals surface area (Å²) in [6, 6.07) is 7.98. The van der Waals surface area contributed by atoms with Crippen LogP contribution in [0.25, 0.3) is 0 Å². The van der Waals surface area contributed by atoms with E-state index in [0.717, 1.165) is 32.0 Å². The third kappa shape index (κ3) is 2.53. The van der Waals surface area contributed by atoms with Crippen LogP contribution in [0.1, 0.15) is 0 Å². The van der Waals surface area contributed by atoms with Gasteiger partial charge in [-0.1, -0.05) is 6.07 Å². The van der Waals surface area contributed by atoms with Gasteiger partial charge in [0.2, 0.25) is 0 Å². The molecular weight excluding hydrogens is 200 g/mol. The number of halogens is 1. The summed E-state index contributed by atoms with van der Waals surface area (Å²) in [4.78, 5) is 2.29. The number of ether oxygens (including phenoxy) is 1. The van der Waals surface area contributed by atoms with Gasteiger partial charge in [0.15, 0.2) is 0 Å². The van der Waals surface area contributed by atoms with Gasteiger partial charge in [0.25, 0.3) is 0 Å². The summed E-state index contributed by atoms with van der Waals surface area (Å²) in [6.07, 6.45) is 0. The van der Waals surface area contributed by atoms with Crippen LogP contribution < -0.4 is 10.6 Å². The van der Waals surface area contributed by atoms with E-state index in [0.29, 0.717) is 0 Å². The zero-order valence-electron chi connectivity index (χ0n) is 7.98. The Morgan fingerprint density at radius 2 is 1.93 bits per heavy atom. The Morgan fingerprint density at radius 1 is 1.21 bits per heavy atom. The maximum Gasteiger partial charge on any atom is 0.0642 e. The van der Waals surface area contributed by atoms with Crippen molar-refractivity contribution in [3.8, 4) is 0 Å². The molecular formula is C10H15ClN2O. The van der Waals surface area contributed by atoms with Crippen molar-refractivity contribution in [1.29, 1.82) is 0 Å². The molecule has 1 fully saturated rings. The summed E-state index contributed by atoms with van der Waals surface area (Å²) < 4.78 is 5.28. The van der Waals surface area contributed by atoms with Crippen molar-refractivity contribution in [2.75, 3.05) is 36.9 Å². The molecule has 2 N–H and O–H groups in total. The monoisotopic (exact) mass is 214 g/mol. The van der Waals surface area contributed by atoms with E-state index in [1.165, 1.54) is 5.69 Å². The maximum atomic E-state index is 5.71. The standard InChI is InChI=1S/C10H14N2O.ClH/c11-9-2-1-3-10(8-9)12-4-6-13-7-5-12;/h1-3,8H,4-7,11H2;1H. The van der Waals surface area contributed by atoms with Crippen LogP contribution in [0.4, 0.5) is 11.4 Å². The summed E-state index contributed by atoms with van der Waals surface area (Å²) in [6.45, 7) is 3.55. The number of nitrogens with zero attached hydrogens (tertiary/aromatic N) is 1. The Balaban J connectivity index is 0.000000980. The van der Waals surface area contributed by atoms with E-state index in [-0.39, 0.29) is 12.4 Å². The van der Waals surface area contributed by atoms with Crippen molar-refractivity contribution in [3.63, 3.8) is 0 Å². The molecule has 1 aromatic carbocycles.